The fourth-order valence-electron chi connectivity index (χ4n) is 1.45. The predicted octanol–water partition coefficient (Wildman–Crippen LogP) is 1.11. The summed E-state index contributed by atoms with van der Waals surface area (Å²) in [5.41, 5.74) is 6.18. The van der Waals surface area contributed by atoms with Crippen molar-refractivity contribution in [2.24, 2.45) is 10.9 Å². The zero-order valence-corrected chi connectivity index (χ0v) is 12.2. The van der Waals surface area contributed by atoms with Gasteiger partial charge in [0, 0.05) is 0 Å². The zero-order chi connectivity index (χ0) is 14.8. The van der Waals surface area contributed by atoms with E-state index in [9.17, 15) is 8.42 Å². The van der Waals surface area contributed by atoms with E-state index in [1.54, 1.807) is 12.1 Å². The van der Waals surface area contributed by atoms with Gasteiger partial charge in [-0.1, -0.05) is 11.2 Å². The van der Waals surface area contributed by atoms with Crippen molar-refractivity contribution in [2.75, 3.05) is 0 Å². The van der Waals surface area contributed by atoms with Gasteiger partial charge in [0.05, 0.1) is 10.4 Å². The second-order valence-corrected chi connectivity index (χ2v) is 6.64. The minimum atomic E-state index is -3.73. The van der Waals surface area contributed by atoms with E-state index in [4.69, 9.17) is 10.9 Å². The smallest absolute Gasteiger partial charge is 0.241 e. The standard InChI is InChI=1S/C12H19N3O3S/c1-8-5-6-10(7-9(8)2)19(17,18)15-12(3,4)11(13)14-16/h5-7,15-16H,1-4H3,(H2,13,14). The minimum Gasteiger partial charge on any atom is -0.409 e. The lowest BCUT2D eigenvalue weighted by molar-refractivity contribution is 0.312. The summed E-state index contributed by atoms with van der Waals surface area (Å²) in [6.45, 7) is 6.77. The number of nitrogens with two attached hydrogens (primary N) is 1. The molecule has 1 aromatic carbocycles. The van der Waals surface area contributed by atoms with Crippen LogP contribution in [0.15, 0.2) is 28.3 Å². The fourth-order valence-corrected chi connectivity index (χ4v) is 2.93. The van der Waals surface area contributed by atoms with Crippen LogP contribution in [-0.4, -0.2) is 25.0 Å². The van der Waals surface area contributed by atoms with E-state index in [0.29, 0.717) is 0 Å². The average molecular weight is 285 g/mol. The molecule has 0 spiro atoms. The van der Waals surface area contributed by atoms with Gasteiger partial charge in [0.1, 0.15) is 0 Å². The van der Waals surface area contributed by atoms with Gasteiger partial charge in [0.25, 0.3) is 0 Å². The SMILES string of the molecule is Cc1ccc(S(=O)(=O)NC(C)(C)/C(N)=N/O)cc1C. The summed E-state index contributed by atoms with van der Waals surface area (Å²) in [6.07, 6.45) is 0. The summed E-state index contributed by atoms with van der Waals surface area (Å²) < 4.78 is 26.9. The van der Waals surface area contributed by atoms with E-state index in [0.717, 1.165) is 11.1 Å². The van der Waals surface area contributed by atoms with Gasteiger partial charge < -0.3 is 10.9 Å². The fraction of sp³-hybridized carbons (Fsp3) is 0.417. The maximum atomic E-state index is 12.2. The lowest BCUT2D eigenvalue weighted by atomic mass is 10.1. The zero-order valence-electron chi connectivity index (χ0n) is 11.4. The van der Waals surface area contributed by atoms with Crippen LogP contribution in [-0.2, 0) is 10.0 Å². The molecule has 0 aliphatic rings. The quantitative estimate of drug-likeness (QED) is 0.333. The van der Waals surface area contributed by atoms with Crippen molar-refractivity contribution in [1.29, 1.82) is 0 Å². The number of hydrogen-bond donors (Lipinski definition) is 3. The van der Waals surface area contributed by atoms with Crippen LogP contribution in [0.4, 0.5) is 0 Å². The highest BCUT2D eigenvalue weighted by Crippen LogP contribution is 2.17. The largest absolute Gasteiger partial charge is 0.409 e. The van der Waals surface area contributed by atoms with Crippen LogP contribution in [0.25, 0.3) is 0 Å². The molecule has 0 heterocycles. The summed E-state index contributed by atoms with van der Waals surface area (Å²) in [4.78, 5) is 0.148. The number of aryl methyl sites for hydroxylation is 2. The molecular formula is C12H19N3O3S. The Labute approximate surface area is 113 Å². The first-order valence-corrected chi connectivity index (χ1v) is 7.18. The van der Waals surface area contributed by atoms with Crippen molar-refractivity contribution in [2.45, 2.75) is 38.1 Å². The first kappa shape index (κ1) is 15.5. The van der Waals surface area contributed by atoms with Gasteiger partial charge in [-0.25, -0.2) is 8.42 Å². The van der Waals surface area contributed by atoms with Crippen molar-refractivity contribution in [3.05, 3.63) is 29.3 Å². The molecule has 0 amide bonds. The molecule has 0 aliphatic heterocycles. The van der Waals surface area contributed by atoms with Gasteiger partial charge in [0.15, 0.2) is 5.84 Å². The second kappa shape index (κ2) is 5.18. The molecule has 0 aliphatic carbocycles. The summed E-state index contributed by atoms with van der Waals surface area (Å²) in [7, 11) is -3.73. The Morgan fingerprint density at radius 1 is 1.32 bits per heavy atom. The summed E-state index contributed by atoms with van der Waals surface area (Å²) in [5.74, 6) is -0.208. The highest BCUT2D eigenvalue weighted by Gasteiger charge is 2.30. The Kier molecular flexibility index (Phi) is 4.21. The monoisotopic (exact) mass is 285 g/mol. The van der Waals surface area contributed by atoms with E-state index in [1.165, 1.54) is 19.9 Å². The van der Waals surface area contributed by atoms with Crippen molar-refractivity contribution in [3.8, 4) is 0 Å². The summed E-state index contributed by atoms with van der Waals surface area (Å²) >= 11 is 0. The number of oxime groups is 1. The van der Waals surface area contributed by atoms with Crippen LogP contribution in [0.3, 0.4) is 0 Å². The molecule has 19 heavy (non-hydrogen) atoms. The molecule has 0 saturated heterocycles. The van der Waals surface area contributed by atoms with Gasteiger partial charge in [-0.2, -0.15) is 4.72 Å². The minimum absolute atomic E-state index is 0.148. The van der Waals surface area contributed by atoms with Gasteiger partial charge in [-0.05, 0) is 51.0 Å². The topological polar surface area (TPSA) is 105 Å². The van der Waals surface area contributed by atoms with Gasteiger partial charge >= 0.3 is 0 Å². The van der Waals surface area contributed by atoms with Crippen molar-refractivity contribution < 1.29 is 13.6 Å². The Morgan fingerprint density at radius 2 is 1.89 bits per heavy atom. The number of nitrogens with one attached hydrogen (secondary N) is 1. The average Bonchev–Trinajstić information content (AvgIpc) is 2.30. The molecule has 0 aromatic heterocycles. The molecule has 0 saturated carbocycles. The molecule has 4 N–H and O–H groups in total. The molecule has 0 bridgehead atoms. The van der Waals surface area contributed by atoms with E-state index in [1.807, 2.05) is 13.8 Å². The Hall–Kier alpha value is -1.60. The molecule has 7 heteroatoms. The summed E-state index contributed by atoms with van der Waals surface area (Å²) in [5, 5.41) is 11.5. The Bertz CT molecular complexity index is 607. The van der Waals surface area contributed by atoms with Crippen LogP contribution >= 0.6 is 0 Å². The third-order valence-electron chi connectivity index (χ3n) is 2.93. The Balaban J connectivity index is 3.15. The molecule has 1 aromatic rings. The lowest BCUT2D eigenvalue weighted by Crippen LogP contribution is -2.52. The van der Waals surface area contributed by atoms with Crippen LogP contribution in [0.5, 0.6) is 0 Å². The van der Waals surface area contributed by atoms with E-state index < -0.39 is 15.6 Å². The van der Waals surface area contributed by atoms with Crippen molar-refractivity contribution >= 4 is 15.9 Å². The van der Waals surface area contributed by atoms with E-state index in [2.05, 4.69) is 9.88 Å². The number of hydrogen-bond acceptors (Lipinski definition) is 4. The van der Waals surface area contributed by atoms with Crippen LogP contribution in [0.2, 0.25) is 0 Å². The van der Waals surface area contributed by atoms with Gasteiger partial charge in [-0.15, -0.1) is 0 Å². The maximum absolute atomic E-state index is 12.2. The number of rotatable bonds is 4. The van der Waals surface area contributed by atoms with Crippen LogP contribution in [0, 0.1) is 13.8 Å². The number of benzene rings is 1. The molecular weight excluding hydrogens is 266 g/mol. The van der Waals surface area contributed by atoms with Crippen LogP contribution in [0.1, 0.15) is 25.0 Å². The normalized spacial score (nSPS) is 13.6. The number of amidine groups is 1. The van der Waals surface area contributed by atoms with E-state index in [-0.39, 0.29) is 10.7 Å². The highest BCUT2D eigenvalue weighted by atomic mass is 32.2. The number of nitrogens with zero attached hydrogens (tertiary/aromatic N) is 1. The molecule has 6 nitrogen and oxygen atoms in total. The second-order valence-electron chi connectivity index (χ2n) is 4.96. The third-order valence-corrected chi connectivity index (χ3v) is 4.58. The predicted molar refractivity (Wildman–Crippen MR) is 73.7 cm³/mol. The first-order chi connectivity index (χ1) is 8.60. The molecule has 0 atom stereocenters. The molecule has 106 valence electrons. The third kappa shape index (κ3) is 3.45. The van der Waals surface area contributed by atoms with Crippen molar-refractivity contribution in [3.63, 3.8) is 0 Å². The Morgan fingerprint density at radius 3 is 2.37 bits per heavy atom. The van der Waals surface area contributed by atoms with E-state index >= 15 is 0 Å². The van der Waals surface area contributed by atoms with Gasteiger partial charge in [0.2, 0.25) is 10.0 Å². The summed E-state index contributed by atoms with van der Waals surface area (Å²) in [6, 6.07) is 4.84. The maximum Gasteiger partial charge on any atom is 0.241 e. The van der Waals surface area contributed by atoms with Crippen molar-refractivity contribution in [1.82, 2.24) is 4.72 Å². The van der Waals surface area contributed by atoms with Crippen LogP contribution < -0.4 is 10.5 Å². The van der Waals surface area contributed by atoms with Gasteiger partial charge in [-0.3, -0.25) is 0 Å². The number of sulfonamides is 1. The molecule has 0 fully saturated rings. The molecule has 1 rings (SSSR count). The lowest BCUT2D eigenvalue weighted by Gasteiger charge is -2.24. The molecule has 0 unspecified atom stereocenters. The first-order valence-electron chi connectivity index (χ1n) is 5.69. The highest BCUT2D eigenvalue weighted by molar-refractivity contribution is 7.89. The molecule has 0 radical (unpaired) electrons.